The molecule has 0 saturated heterocycles. The van der Waals surface area contributed by atoms with Gasteiger partial charge in [-0.05, 0) is 48.9 Å². The van der Waals surface area contributed by atoms with Crippen molar-refractivity contribution in [2.75, 3.05) is 0 Å². The predicted molar refractivity (Wildman–Crippen MR) is 78.0 cm³/mol. The van der Waals surface area contributed by atoms with Crippen LogP contribution in [0.25, 0.3) is 0 Å². The first-order valence-corrected chi connectivity index (χ1v) is 6.93. The highest BCUT2D eigenvalue weighted by Crippen LogP contribution is 2.23. The Kier molecular flexibility index (Phi) is 3.93. The molecule has 0 amide bonds. The van der Waals surface area contributed by atoms with Gasteiger partial charge < -0.3 is 9.97 Å². The number of hydrogen-bond acceptors (Lipinski definition) is 1. The number of aryl methyl sites for hydroxylation is 1. The summed E-state index contributed by atoms with van der Waals surface area (Å²) < 4.78 is 0. The summed E-state index contributed by atoms with van der Waals surface area (Å²) in [7, 11) is 0. The lowest BCUT2D eigenvalue weighted by Gasteiger charge is -2.05. The molecule has 0 aliphatic rings. The molecule has 3 heteroatoms. The minimum Gasteiger partial charge on any atom is -0.364 e. The van der Waals surface area contributed by atoms with Crippen LogP contribution in [0.4, 0.5) is 0 Å². The molecule has 2 aromatic heterocycles. The summed E-state index contributed by atoms with van der Waals surface area (Å²) in [5.74, 6) is 0. The van der Waals surface area contributed by atoms with Gasteiger partial charge >= 0.3 is 0 Å². The molecule has 19 heavy (non-hydrogen) atoms. The van der Waals surface area contributed by atoms with Crippen LogP contribution in [-0.4, -0.2) is 16.3 Å². The van der Waals surface area contributed by atoms with Crippen LogP contribution in [0.5, 0.6) is 0 Å². The molecule has 0 aliphatic heterocycles. The van der Waals surface area contributed by atoms with Crippen LogP contribution in [-0.2, 0) is 19.3 Å². The van der Waals surface area contributed by atoms with E-state index in [-0.39, 0.29) is 0 Å². The molecular weight excluding hydrogens is 236 g/mol. The molecule has 2 N–H and O–H groups in total. The predicted octanol–water partition coefficient (Wildman–Crippen LogP) is 3.49. The number of aromatic amines is 2. The Labute approximate surface area is 114 Å². The number of aldehydes is 1. The maximum Gasteiger partial charge on any atom is 0.166 e. The van der Waals surface area contributed by atoms with Crippen LogP contribution < -0.4 is 0 Å². The number of aromatic nitrogens is 2. The number of H-pyrrole nitrogens is 2. The highest BCUT2D eigenvalue weighted by Gasteiger charge is 2.15. The topological polar surface area (TPSA) is 48.6 Å². The molecule has 102 valence electrons. The number of nitrogens with one attached hydrogen (secondary N) is 2. The van der Waals surface area contributed by atoms with Gasteiger partial charge in [0.2, 0.25) is 0 Å². The number of hydrogen-bond donors (Lipinski definition) is 2. The maximum absolute atomic E-state index is 11.0. The third kappa shape index (κ3) is 2.37. The Balaban J connectivity index is 2.40. The summed E-state index contributed by atoms with van der Waals surface area (Å²) in [6.45, 7) is 8.46. The smallest absolute Gasteiger partial charge is 0.166 e. The Morgan fingerprint density at radius 3 is 2.37 bits per heavy atom. The lowest BCUT2D eigenvalue weighted by molar-refractivity contribution is 0.111. The normalized spacial score (nSPS) is 10.9. The second kappa shape index (κ2) is 5.47. The van der Waals surface area contributed by atoms with E-state index in [1.54, 1.807) is 0 Å². The maximum atomic E-state index is 11.0. The second-order valence-corrected chi connectivity index (χ2v) is 5.05. The van der Waals surface area contributed by atoms with E-state index in [2.05, 4.69) is 36.9 Å². The summed E-state index contributed by atoms with van der Waals surface area (Å²) in [6.07, 6.45) is 5.81. The molecule has 0 fully saturated rings. The van der Waals surface area contributed by atoms with E-state index in [1.165, 1.54) is 28.1 Å². The molecule has 2 rings (SSSR count). The van der Waals surface area contributed by atoms with Gasteiger partial charge in [0.15, 0.2) is 6.29 Å². The second-order valence-electron chi connectivity index (χ2n) is 5.05. The van der Waals surface area contributed by atoms with Crippen molar-refractivity contribution in [3.8, 4) is 0 Å². The third-order valence-corrected chi connectivity index (χ3v) is 3.99. The lowest BCUT2D eigenvalue weighted by atomic mass is 10.0. The molecule has 0 bridgehead atoms. The van der Waals surface area contributed by atoms with Crippen molar-refractivity contribution >= 4 is 6.29 Å². The Morgan fingerprint density at radius 2 is 1.79 bits per heavy atom. The largest absolute Gasteiger partial charge is 0.364 e. The Bertz CT molecular complexity index is 590. The van der Waals surface area contributed by atoms with E-state index in [0.29, 0.717) is 5.69 Å². The number of carbonyl (C=O) groups excluding carboxylic acids is 1. The van der Waals surface area contributed by atoms with Crippen LogP contribution in [0, 0.1) is 13.8 Å². The average Bonchev–Trinajstić information content (AvgIpc) is 2.90. The van der Waals surface area contributed by atoms with E-state index in [1.807, 2.05) is 6.92 Å². The van der Waals surface area contributed by atoms with E-state index in [9.17, 15) is 4.79 Å². The molecule has 0 unspecified atom stereocenters. The van der Waals surface area contributed by atoms with Gasteiger partial charge in [0.25, 0.3) is 0 Å². The van der Waals surface area contributed by atoms with Crippen molar-refractivity contribution in [1.29, 1.82) is 0 Å². The van der Waals surface area contributed by atoms with E-state index >= 15 is 0 Å². The summed E-state index contributed by atoms with van der Waals surface area (Å²) in [6, 6.07) is 0. The van der Waals surface area contributed by atoms with Gasteiger partial charge in [0.05, 0.1) is 5.69 Å². The first-order valence-electron chi connectivity index (χ1n) is 6.93. The van der Waals surface area contributed by atoms with Crippen LogP contribution in [0.1, 0.15) is 58.0 Å². The van der Waals surface area contributed by atoms with Crippen LogP contribution in [0.3, 0.4) is 0 Å². The molecule has 0 radical (unpaired) electrons. The molecule has 0 spiro atoms. The van der Waals surface area contributed by atoms with E-state index in [4.69, 9.17) is 0 Å². The SMILES string of the molecule is CCc1c(C)c[nH]c1Cc1[nH]c(C=O)c(C)c1CC. The van der Waals surface area contributed by atoms with Gasteiger partial charge in [-0.2, -0.15) is 0 Å². The first-order chi connectivity index (χ1) is 9.12. The minimum atomic E-state index is 0.716. The molecule has 0 aromatic carbocycles. The molecule has 3 nitrogen and oxygen atoms in total. The molecule has 2 aromatic rings. The van der Waals surface area contributed by atoms with Crippen LogP contribution in [0.15, 0.2) is 6.20 Å². The molecule has 0 saturated carbocycles. The standard InChI is InChI=1S/C16H22N2O/c1-5-12-10(3)8-17-14(12)7-15-13(6-2)11(4)16(9-19)18-15/h8-9,17-18H,5-7H2,1-4H3. The molecule has 0 atom stereocenters. The lowest BCUT2D eigenvalue weighted by Crippen LogP contribution is -1.97. The number of carbonyl (C=O) groups is 1. The van der Waals surface area contributed by atoms with Gasteiger partial charge in [0.1, 0.15) is 0 Å². The zero-order valence-electron chi connectivity index (χ0n) is 12.2. The minimum absolute atomic E-state index is 0.716. The van der Waals surface area contributed by atoms with Crippen LogP contribution >= 0.6 is 0 Å². The zero-order chi connectivity index (χ0) is 14.0. The number of rotatable bonds is 5. The molecule has 0 aliphatic carbocycles. The average molecular weight is 258 g/mol. The zero-order valence-corrected chi connectivity index (χ0v) is 12.2. The van der Waals surface area contributed by atoms with Gasteiger partial charge in [-0.15, -0.1) is 0 Å². The fourth-order valence-corrected chi connectivity index (χ4v) is 2.90. The fourth-order valence-electron chi connectivity index (χ4n) is 2.90. The summed E-state index contributed by atoms with van der Waals surface area (Å²) in [5.41, 5.74) is 8.21. The van der Waals surface area contributed by atoms with Crippen molar-refractivity contribution < 1.29 is 4.79 Å². The Morgan fingerprint density at radius 1 is 1.11 bits per heavy atom. The quantitative estimate of drug-likeness (QED) is 0.792. The summed E-state index contributed by atoms with van der Waals surface area (Å²) in [4.78, 5) is 17.7. The van der Waals surface area contributed by atoms with Crippen molar-refractivity contribution in [2.45, 2.75) is 47.0 Å². The van der Waals surface area contributed by atoms with Crippen molar-refractivity contribution in [3.63, 3.8) is 0 Å². The Hall–Kier alpha value is -1.77. The first kappa shape index (κ1) is 13.7. The van der Waals surface area contributed by atoms with Crippen molar-refractivity contribution in [3.05, 3.63) is 45.5 Å². The van der Waals surface area contributed by atoms with Gasteiger partial charge in [-0.3, -0.25) is 4.79 Å². The van der Waals surface area contributed by atoms with Crippen molar-refractivity contribution in [1.82, 2.24) is 9.97 Å². The monoisotopic (exact) mass is 258 g/mol. The summed E-state index contributed by atoms with van der Waals surface area (Å²) >= 11 is 0. The summed E-state index contributed by atoms with van der Waals surface area (Å²) in [5, 5.41) is 0. The van der Waals surface area contributed by atoms with Gasteiger partial charge in [0, 0.05) is 24.0 Å². The van der Waals surface area contributed by atoms with Crippen molar-refractivity contribution in [2.24, 2.45) is 0 Å². The molecular formula is C16H22N2O. The van der Waals surface area contributed by atoms with Gasteiger partial charge in [-0.1, -0.05) is 13.8 Å². The fraction of sp³-hybridized carbons (Fsp3) is 0.438. The van der Waals surface area contributed by atoms with E-state index in [0.717, 1.165) is 31.1 Å². The van der Waals surface area contributed by atoms with Crippen LogP contribution in [0.2, 0.25) is 0 Å². The third-order valence-electron chi connectivity index (χ3n) is 3.99. The van der Waals surface area contributed by atoms with E-state index < -0.39 is 0 Å². The highest BCUT2D eigenvalue weighted by atomic mass is 16.1. The van der Waals surface area contributed by atoms with Gasteiger partial charge in [-0.25, -0.2) is 0 Å². The molecule has 2 heterocycles. The highest BCUT2D eigenvalue weighted by molar-refractivity contribution is 5.76.